The van der Waals surface area contributed by atoms with Crippen LogP contribution in [0.15, 0.2) is 28.7 Å². The molecule has 1 fully saturated rings. The van der Waals surface area contributed by atoms with Crippen LogP contribution >= 0.6 is 15.9 Å². The Morgan fingerprint density at radius 2 is 2.19 bits per heavy atom. The lowest BCUT2D eigenvalue weighted by molar-refractivity contribution is -0.122. The Morgan fingerprint density at radius 3 is 2.81 bits per heavy atom. The van der Waals surface area contributed by atoms with Gasteiger partial charge in [-0.2, -0.15) is 0 Å². The van der Waals surface area contributed by atoms with Gasteiger partial charge in [-0.05, 0) is 37.1 Å². The molecule has 0 aliphatic carbocycles. The van der Waals surface area contributed by atoms with Crippen molar-refractivity contribution >= 4 is 21.8 Å². The number of amides is 1. The number of carbonyl (C=O) groups excluding carboxylic acids is 1. The molecule has 1 atom stereocenters. The highest BCUT2D eigenvalue weighted by Crippen LogP contribution is 2.10. The molecule has 16 heavy (non-hydrogen) atoms. The average molecular weight is 283 g/mol. The van der Waals surface area contributed by atoms with E-state index in [2.05, 4.69) is 26.6 Å². The molecule has 4 heteroatoms. The third-order valence-electron chi connectivity index (χ3n) is 2.76. The number of halogens is 1. The lowest BCUT2D eigenvalue weighted by atomic mass is 10.2. The molecule has 1 aliphatic rings. The van der Waals surface area contributed by atoms with Crippen LogP contribution in [0.2, 0.25) is 0 Å². The summed E-state index contributed by atoms with van der Waals surface area (Å²) in [6.07, 6.45) is 2.04. The van der Waals surface area contributed by atoms with Crippen LogP contribution in [0.3, 0.4) is 0 Å². The summed E-state index contributed by atoms with van der Waals surface area (Å²) in [6.45, 7) is 1.56. The van der Waals surface area contributed by atoms with Crippen molar-refractivity contribution in [2.45, 2.75) is 25.4 Å². The van der Waals surface area contributed by atoms with E-state index >= 15 is 0 Å². The van der Waals surface area contributed by atoms with Crippen LogP contribution in [0.5, 0.6) is 0 Å². The monoisotopic (exact) mass is 282 g/mol. The van der Waals surface area contributed by atoms with Crippen molar-refractivity contribution in [2.24, 2.45) is 0 Å². The van der Waals surface area contributed by atoms with Crippen molar-refractivity contribution in [2.75, 3.05) is 6.54 Å². The third kappa shape index (κ3) is 3.06. The van der Waals surface area contributed by atoms with Gasteiger partial charge in [0, 0.05) is 11.0 Å². The van der Waals surface area contributed by atoms with Crippen molar-refractivity contribution in [1.29, 1.82) is 0 Å². The number of carbonyl (C=O) groups is 1. The molecule has 1 aromatic carbocycles. The second-order valence-corrected chi connectivity index (χ2v) is 4.91. The maximum atomic E-state index is 11.7. The molecule has 0 spiro atoms. The van der Waals surface area contributed by atoms with Crippen LogP contribution in [0.1, 0.15) is 18.4 Å². The lowest BCUT2D eigenvalue weighted by Gasteiger charge is -2.10. The van der Waals surface area contributed by atoms with Gasteiger partial charge < -0.3 is 10.6 Å². The Kier molecular flexibility index (Phi) is 3.96. The van der Waals surface area contributed by atoms with Gasteiger partial charge in [-0.3, -0.25) is 4.79 Å². The summed E-state index contributed by atoms with van der Waals surface area (Å²) in [4.78, 5) is 11.7. The third-order valence-corrected chi connectivity index (χ3v) is 3.29. The molecule has 2 N–H and O–H groups in total. The van der Waals surface area contributed by atoms with Crippen LogP contribution in [0, 0.1) is 0 Å². The smallest absolute Gasteiger partial charge is 0.237 e. The fourth-order valence-corrected chi connectivity index (χ4v) is 2.09. The molecule has 0 bridgehead atoms. The molecule has 0 aromatic heterocycles. The van der Waals surface area contributed by atoms with E-state index in [-0.39, 0.29) is 11.9 Å². The Balaban J connectivity index is 1.82. The molecule has 0 radical (unpaired) electrons. The molecular weight excluding hydrogens is 268 g/mol. The molecule has 1 aromatic rings. The second-order valence-electron chi connectivity index (χ2n) is 3.99. The molecule has 0 saturated carbocycles. The molecule has 1 aliphatic heterocycles. The van der Waals surface area contributed by atoms with Crippen LogP contribution in [-0.2, 0) is 11.3 Å². The first kappa shape index (κ1) is 11.6. The SMILES string of the molecule is O=C(NCc1ccc(Br)cc1)[C@@H]1CCCN1. The summed E-state index contributed by atoms with van der Waals surface area (Å²) in [5.41, 5.74) is 1.12. The van der Waals surface area contributed by atoms with E-state index in [4.69, 9.17) is 0 Å². The van der Waals surface area contributed by atoms with Crippen molar-refractivity contribution in [1.82, 2.24) is 10.6 Å². The van der Waals surface area contributed by atoms with E-state index in [9.17, 15) is 4.79 Å². The minimum Gasteiger partial charge on any atom is -0.351 e. The van der Waals surface area contributed by atoms with Crippen LogP contribution in [0.25, 0.3) is 0 Å². The Bertz CT molecular complexity index is 358. The van der Waals surface area contributed by atoms with E-state index in [0.29, 0.717) is 6.54 Å². The van der Waals surface area contributed by atoms with Crippen LogP contribution < -0.4 is 10.6 Å². The standard InChI is InChI=1S/C12H15BrN2O/c13-10-5-3-9(4-6-10)8-15-12(16)11-2-1-7-14-11/h3-6,11,14H,1-2,7-8H2,(H,15,16)/t11-/m0/s1. The first-order chi connectivity index (χ1) is 7.75. The van der Waals surface area contributed by atoms with Crippen LogP contribution in [0.4, 0.5) is 0 Å². The Hall–Kier alpha value is -0.870. The van der Waals surface area contributed by atoms with E-state index in [1.165, 1.54) is 0 Å². The maximum Gasteiger partial charge on any atom is 0.237 e. The number of hydrogen-bond acceptors (Lipinski definition) is 2. The largest absolute Gasteiger partial charge is 0.351 e. The van der Waals surface area contributed by atoms with Gasteiger partial charge in [0.15, 0.2) is 0 Å². The topological polar surface area (TPSA) is 41.1 Å². The van der Waals surface area contributed by atoms with E-state index in [1.54, 1.807) is 0 Å². The van der Waals surface area contributed by atoms with Crippen molar-refractivity contribution in [3.63, 3.8) is 0 Å². The summed E-state index contributed by atoms with van der Waals surface area (Å²) in [6, 6.07) is 7.99. The predicted octanol–water partition coefficient (Wildman–Crippen LogP) is 1.82. The minimum atomic E-state index is 0.00967. The zero-order valence-electron chi connectivity index (χ0n) is 9.00. The van der Waals surface area contributed by atoms with Crippen molar-refractivity contribution in [3.05, 3.63) is 34.3 Å². The molecule has 1 saturated heterocycles. The number of nitrogens with one attached hydrogen (secondary N) is 2. The molecule has 3 nitrogen and oxygen atoms in total. The summed E-state index contributed by atoms with van der Waals surface area (Å²) < 4.78 is 1.06. The van der Waals surface area contributed by atoms with Gasteiger partial charge in [0.05, 0.1) is 6.04 Å². The first-order valence-corrected chi connectivity index (χ1v) is 6.30. The highest BCUT2D eigenvalue weighted by molar-refractivity contribution is 9.10. The average Bonchev–Trinajstić information content (AvgIpc) is 2.81. The Morgan fingerprint density at radius 1 is 1.44 bits per heavy atom. The van der Waals surface area contributed by atoms with Gasteiger partial charge in [0.2, 0.25) is 5.91 Å². The fourth-order valence-electron chi connectivity index (χ4n) is 1.82. The van der Waals surface area contributed by atoms with Crippen LogP contribution in [-0.4, -0.2) is 18.5 Å². The predicted molar refractivity (Wildman–Crippen MR) is 67.0 cm³/mol. The maximum absolute atomic E-state index is 11.7. The van der Waals surface area contributed by atoms with Gasteiger partial charge in [-0.15, -0.1) is 0 Å². The van der Waals surface area contributed by atoms with Crippen molar-refractivity contribution < 1.29 is 4.79 Å². The van der Waals surface area contributed by atoms with Gasteiger partial charge in [0.1, 0.15) is 0 Å². The molecule has 0 unspecified atom stereocenters. The van der Waals surface area contributed by atoms with E-state index < -0.39 is 0 Å². The molecular formula is C12H15BrN2O. The Labute approximate surface area is 104 Å². The highest BCUT2D eigenvalue weighted by Gasteiger charge is 2.21. The molecule has 2 rings (SSSR count). The summed E-state index contributed by atoms with van der Waals surface area (Å²) in [7, 11) is 0. The zero-order chi connectivity index (χ0) is 11.4. The second kappa shape index (κ2) is 5.46. The summed E-state index contributed by atoms with van der Waals surface area (Å²) in [5, 5.41) is 6.13. The first-order valence-electron chi connectivity index (χ1n) is 5.51. The molecule has 86 valence electrons. The number of hydrogen-bond donors (Lipinski definition) is 2. The lowest BCUT2D eigenvalue weighted by Crippen LogP contribution is -2.39. The quantitative estimate of drug-likeness (QED) is 0.888. The van der Waals surface area contributed by atoms with E-state index in [1.807, 2.05) is 24.3 Å². The van der Waals surface area contributed by atoms with Gasteiger partial charge >= 0.3 is 0 Å². The summed E-state index contributed by atoms with van der Waals surface area (Å²) >= 11 is 3.38. The number of rotatable bonds is 3. The zero-order valence-corrected chi connectivity index (χ0v) is 10.6. The van der Waals surface area contributed by atoms with Gasteiger partial charge in [0.25, 0.3) is 0 Å². The normalized spacial score (nSPS) is 19.7. The van der Waals surface area contributed by atoms with Gasteiger partial charge in [-0.1, -0.05) is 28.1 Å². The molecule has 1 heterocycles. The highest BCUT2D eigenvalue weighted by atomic mass is 79.9. The summed E-state index contributed by atoms with van der Waals surface area (Å²) in [5.74, 6) is 0.111. The minimum absolute atomic E-state index is 0.00967. The fraction of sp³-hybridized carbons (Fsp3) is 0.417. The van der Waals surface area contributed by atoms with Gasteiger partial charge in [-0.25, -0.2) is 0 Å². The van der Waals surface area contributed by atoms with E-state index in [0.717, 1.165) is 29.4 Å². The van der Waals surface area contributed by atoms with Crippen molar-refractivity contribution in [3.8, 4) is 0 Å². The number of benzene rings is 1. The molecule has 1 amide bonds.